The van der Waals surface area contributed by atoms with Gasteiger partial charge in [-0.05, 0) is 12.4 Å². The fourth-order valence-corrected chi connectivity index (χ4v) is 0.144. The highest BCUT2D eigenvalue weighted by molar-refractivity contribution is 5.46. The van der Waals surface area contributed by atoms with Gasteiger partial charge < -0.3 is 5.73 Å². The number of aliphatic imine (C=N–C) groups is 1. The van der Waals surface area contributed by atoms with E-state index in [-0.39, 0.29) is 0 Å². The molecule has 0 bridgehead atoms. The molecule has 0 atom stereocenters. The van der Waals surface area contributed by atoms with Gasteiger partial charge in [0.15, 0.2) is 0 Å². The van der Waals surface area contributed by atoms with E-state index in [9.17, 15) is 0 Å². The predicted octanol–water partition coefficient (Wildman–Crippen LogP) is -0.199. The molecule has 2 nitrogen and oxygen atoms in total. The second kappa shape index (κ2) is 4.41. The van der Waals surface area contributed by atoms with Crippen LogP contribution in [-0.4, -0.2) is 19.0 Å². The van der Waals surface area contributed by atoms with Gasteiger partial charge in [0.05, 0.1) is 6.54 Å². The zero-order valence-corrected chi connectivity index (χ0v) is 3.65. The van der Waals surface area contributed by atoms with E-state index in [2.05, 4.69) is 17.4 Å². The van der Waals surface area contributed by atoms with Crippen molar-refractivity contribution in [2.75, 3.05) is 13.1 Å². The molecule has 0 saturated carbocycles. The van der Waals surface area contributed by atoms with E-state index in [1.807, 2.05) is 0 Å². The van der Waals surface area contributed by atoms with E-state index >= 15 is 0 Å². The van der Waals surface area contributed by atoms with Gasteiger partial charge in [0.25, 0.3) is 0 Å². The van der Waals surface area contributed by atoms with Crippen LogP contribution in [0.3, 0.4) is 0 Å². The molecule has 2 N–H and O–H groups in total. The summed E-state index contributed by atoms with van der Waals surface area (Å²) in [6.07, 6.45) is 0. The van der Waals surface area contributed by atoms with Crippen LogP contribution in [0.5, 0.6) is 0 Å². The molecule has 0 unspecified atom stereocenters. The van der Waals surface area contributed by atoms with E-state index in [0.717, 1.165) is 0 Å². The van der Waals surface area contributed by atoms with Crippen molar-refractivity contribution in [1.29, 1.82) is 0 Å². The second-order valence-corrected chi connectivity index (χ2v) is 0.829. The lowest BCUT2D eigenvalue weighted by Gasteiger charge is -1.75. The molecule has 2 heteroatoms. The Morgan fingerprint density at radius 2 is 2.50 bits per heavy atom. The lowest BCUT2D eigenvalue weighted by atomic mass is 10.7. The van der Waals surface area contributed by atoms with Crippen molar-refractivity contribution in [3.8, 4) is 0 Å². The maximum Gasteiger partial charge on any atom is 0.0606 e. The van der Waals surface area contributed by atoms with E-state index in [1.165, 1.54) is 0 Å². The van der Waals surface area contributed by atoms with Crippen molar-refractivity contribution < 1.29 is 0 Å². The normalized spacial score (nSPS) is 6.83. The molecule has 0 aliphatic heterocycles. The molecule has 0 rings (SSSR count). The predicted molar refractivity (Wildman–Crippen MR) is 27.0 cm³/mol. The Kier molecular flexibility index (Phi) is 3.98. The number of nitrogens with two attached hydrogens (primary N) is 1. The van der Waals surface area contributed by atoms with Gasteiger partial charge in [0.2, 0.25) is 0 Å². The SMILES string of the molecule is C=C=NCCN. The zero-order valence-electron chi connectivity index (χ0n) is 3.65. The molecule has 0 saturated heterocycles. The molecule has 0 aromatic heterocycles. The number of hydrogen-bond donors (Lipinski definition) is 1. The Morgan fingerprint density at radius 1 is 1.83 bits per heavy atom. The van der Waals surface area contributed by atoms with Crippen LogP contribution in [-0.2, 0) is 0 Å². The maximum atomic E-state index is 5.05. The van der Waals surface area contributed by atoms with Crippen LogP contribution in [0.4, 0.5) is 0 Å². The Hall–Kier alpha value is -0.590. The molecular weight excluding hydrogens is 76.1 g/mol. The summed E-state index contributed by atoms with van der Waals surface area (Å²) in [6, 6.07) is 0. The third-order valence-corrected chi connectivity index (χ3v) is 0.353. The standard InChI is InChI=1S/C4H8N2/c1-2-6-4-3-5/h1,3-5H2. The molecule has 0 amide bonds. The van der Waals surface area contributed by atoms with Gasteiger partial charge in [-0.15, -0.1) is 0 Å². The Balaban J connectivity index is 2.86. The first-order chi connectivity index (χ1) is 2.91. The minimum Gasteiger partial charge on any atom is -0.329 e. The van der Waals surface area contributed by atoms with Crippen molar-refractivity contribution in [2.45, 2.75) is 0 Å². The first kappa shape index (κ1) is 5.41. The van der Waals surface area contributed by atoms with Gasteiger partial charge >= 0.3 is 0 Å². The lowest BCUT2D eigenvalue weighted by molar-refractivity contribution is 0.983. The van der Waals surface area contributed by atoms with Crippen molar-refractivity contribution in [3.05, 3.63) is 6.58 Å². The third-order valence-electron chi connectivity index (χ3n) is 0.353. The van der Waals surface area contributed by atoms with Gasteiger partial charge in [0.1, 0.15) is 0 Å². The molecule has 0 heterocycles. The summed E-state index contributed by atoms with van der Waals surface area (Å²) in [5, 5.41) is 0. The van der Waals surface area contributed by atoms with Crippen LogP contribution in [0.2, 0.25) is 0 Å². The minimum absolute atomic E-state index is 0.586. The van der Waals surface area contributed by atoms with Crippen LogP contribution in [0.25, 0.3) is 0 Å². The highest BCUT2D eigenvalue weighted by Crippen LogP contribution is 1.54. The number of rotatable bonds is 2. The van der Waals surface area contributed by atoms with Gasteiger partial charge in [-0.25, -0.2) is 4.99 Å². The zero-order chi connectivity index (χ0) is 4.83. The third kappa shape index (κ3) is 3.41. The number of nitrogens with zero attached hydrogens (tertiary/aromatic N) is 1. The summed E-state index contributed by atoms with van der Waals surface area (Å²) in [5.74, 6) is 2.36. The van der Waals surface area contributed by atoms with Crippen LogP contribution in [0.15, 0.2) is 11.6 Å². The van der Waals surface area contributed by atoms with E-state index < -0.39 is 0 Å². The second-order valence-electron chi connectivity index (χ2n) is 0.829. The van der Waals surface area contributed by atoms with E-state index in [4.69, 9.17) is 5.73 Å². The minimum atomic E-state index is 0.586. The molecule has 0 aromatic rings. The van der Waals surface area contributed by atoms with Gasteiger partial charge in [0, 0.05) is 6.54 Å². The van der Waals surface area contributed by atoms with E-state index in [1.54, 1.807) is 0 Å². The maximum absolute atomic E-state index is 5.05. The molecule has 0 fully saturated rings. The van der Waals surface area contributed by atoms with Gasteiger partial charge in [-0.3, -0.25) is 0 Å². The molecule has 0 aromatic carbocycles. The largest absolute Gasteiger partial charge is 0.329 e. The van der Waals surface area contributed by atoms with Crippen LogP contribution in [0.1, 0.15) is 0 Å². The van der Waals surface area contributed by atoms with Gasteiger partial charge in [-0.2, -0.15) is 0 Å². The molecule has 0 aliphatic carbocycles. The molecule has 0 spiro atoms. The van der Waals surface area contributed by atoms with Crippen LogP contribution in [0, 0.1) is 0 Å². The summed E-state index contributed by atoms with van der Waals surface area (Å²) in [7, 11) is 0. The molecular formula is C4H8N2. The lowest BCUT2D eigenvalue weighted by Crippen LogP contribution is -2.01. The van der Waals surface area contributed by atoms with Crippen molar-refractivity contribution in [1.82, 2.24) is 0 Å². The fraction of sp³-hybridized carbons (Fsp3) is 0.500. The number of hydrogen-bond acceptors (Lipinski definition) is 2. The van der Waals surface area contributed by atoms with Crippen LogP contribution >= 0.6 is 0 Å². The molecule has 0 aliphatic rings. The smallest absolute Gasteiger partial charge is 0.0606 e. The van der Waals surface area contributed by atoms with E-state index in [0.29, 0.717) is 13.1 Å². The summed E-state index contributed by atoms with van der Waals surface area (Å²) in [6.45, 7) is 4.48. The van der Waals surface area contributed by atoms with Crippen molar-refractivity contribution >= 4 is 5.87 Å². The summed E-state index contributed by atoms with van der Waals surface area (Å²) in [5.41, 5.74) is 5.05. The summed E-state index contributed by atoms with van der Waals surface area (Å²) < 4.78 is 0. The molecule has 0 radical (unpaired) electrons. The molecule has 34 valence electrons. The fourth-order valence-electron chi connectivity index (χ4n) is 0.144. The first-order valence-corrected chi connectivity index (χ1v) is 1.80. The van der Waals surface area contributed by atoms with Gasteiger partial charge in [-0.1, -0.05) is 0 Å². The first-order valence-electron chi connectivity index (χ1n) is 1.80. The van der Waals surface area contributed by atoms with Crippen molar-refractivity contribution in [3.63, 3.8) is 0 Å². The highest BCUT2D eigenvalue weighted by Gasteiger charge is 1.63. The monoisotopic (exact) mass is 84.1 g/mol. The Bertz CT molecular complexity index is 61.9. The van der Waals surface area contributed by atoms with Crippen molar-refractivity contribution in [2.24, 2.45) is 10.7 Å². The van der Waals surface area contributed by atoms with Crippen LogP contribution < -0.4 is 5.73 Å². The topological polar surface area (TPSA) is 38.4 Å². The Labute approximate surface area is 37.4 Å². The average Bonchev–Trinajstić information content (AvgIpc) is 1.61. The quantitative estimate of drug-likeness (QED) is 0.462. The summed E-state index contributed by atoms with van der Waals surface area (Å²) in [4.78, 5) is 3.60. The summed E-state index contributed by atoms with van der Waals surface area (Å²) >= 11 is 0. The highest BCUT2D eigenvalue weighted by atomic mass is 14.7. The molecule has 6 heavy (non-hydrogen) atoms. The Morgan fingerprint density at radius 3 is 2.67 bits per heavy atom. The average molecular weight is 84.1 g/mol.